The molecule has 30 heavy (non-hydrogen) atoms. The van der Waals surface area contributed by atoms with Crippen molar-refractivity contribution >= 4 is 21.9 Å². The summed E-state index contributed by atoms with van der Waals surface area (Å²) in [5.74, 6) is -0.558. The summed E-state index contributed by atoms with van der Waals surface area (Å²) >= 11 is 0. The predicted octanol–water partition coefficient (Wildman–Crippen LogP) is 3.27. The van der Waals surface area contributed by atoms with Crippen LogP contribution in [-0.2, 0) is 19.6 Å². The molecule has 1 N–H and O–H groups in total. The number of hydrogen-bond acceptors (Lipinski definition) is 5. The maximum absolute atomic E-state index is 12.8. The normalized spacial score (nSPS) is 16.3. The van der Waals surface area contributed by atoms with E-state index < -0.39 is 22.1 Å². The van der Waals surface area contributed by atoms with Gasteiger partial charge < -0.3 is 10.1 Å². The van der Waals surface area contributed by atoms with Gasteiger partial charge in [0.05, 0.1) is 10.5 Å². The average molecular weight is 439 g/mol. The lowest BCUT2D eigenvalue weighted by molar-refractivity contribution is -0.129. The molecule has 8 heteroatoms. The second-order valence-corrected chi connectivity index (χ2v) is 9.80. The topological polar surface area (TPSA) is 92.8 Å². The van der Waals surface area contributed by atoms with E-state index in [2.05, 4.69) is 5.32 Å². The van der Waals surface area contributed by atoms with E-state index in [0.717, 1.165) is 12.8 Å². The van der Waals surface area contributed by atoms with Crippen LogP contribution in [0.25, 0.3) is 0 Å². The number of sulfonamides is 1. The Labute approximate surface area is 180 Å². The number of nitrogens with one attached hydrogen (secondary N) is 1. The second-order valence-electron chi connectivity index (χ2n) is 7.86. The van der Waals surface area contributed by atoms with Crippen molar-refractivity contribution in [2.24, 2.45) is 5.92 Å². The number of hydrogen-bond donors (Lipinski definition) is 1. The Balaban J connectivity index is 2.05. The van der Waals surface area contributed by atoms with Crippen molar-refractivity contribution in [1.29, 1.82) is 0 Å². The van der Waals surface area contributed by atoms with E-state index >= 15 is 0 Å². The molecule has 1 atom stereocenters. The summed E-state index contributed by atoms with van der Waals surface area (Å²) in [6.45, 7) is 8.03. The zero-order chi connectivity index (χ0) is 22.3. The van der Waals surface area contributed by atoms with Crippen LogP contribution in [-0.4, -0.2) is 50.3 Å². The van der Waals surface area contributed by atoms with Crippen molar-refractivity contribution in [2.75, 3.05) is 19.6 Å². The van der Waals surface area contributed by atoms with Crippen LogP contribution < -0.4 is 5.32 Å². The predicted molar refractivity (Wildman–Crippen MR) is 116 cm³/mol. The second kappa shape index (κ2) is 10.9. The fraction of sp³-hybridized carbons (Fsp3) is 0.636. The molecule has 1 amide bonds. The summed E-state index contributed by atoms with van der Waals surface area (Å²) < 4.78 is 32.2. The molecule has 1 fully saturated rings. The summed E-state index contributed by atoms with van der Waals surface area (Å²) in [5, 5.41) is 2.87. The number of carbonyl (C=O) groups is 2. The molecule has 0 heterocycles. The summed E-state index contributed by atoms with van der Waals surface area (Å²) in [7, 11) is -3.69. The molecule has 1 aliphatic carbocycles. The molecule has 1 aromatic rings. The van der Waals surface area contributed by atoms with Crippen LogP contribution in [0.2, 0.25) is 0 Å². The van der Waals surface area contributed by atoms with Crippen molar-refractivity contribution < 1.29 is 22.7 Å². The number of esters is 1. The molecule has 1 saturated carbocycles. The van der Waals surface area contributed by atoms with Crippen LogP contribution in [0, 0.1) is 12.8 Å². The Morgan fingerprint density at radius 1 is 1.17 bits per heavy atom. The van der Waals surface area contributed by atoms with E-state index in [0.29, 0.717) is 31.1 Å². The minimum absolute atomic E-state index is 0.0400. The molecule has 0 radical (unpaired) electrons. The first-order chi connectivity index (χ1) is 14.2. The van der Waals surface area contributed by atoms with Gasteiger partial charge in [-0.25, -0.2) is 13.2 Å². The largest absolute Gasteiger partial charge is 0.449 e. The van der Waals surface area contributed by atoms with Gasteiger partial charge in [0.15, 0.2) is 6.10 Å². The Hall–Kier alpha value is -1.93. The van der Waals surface area contributed by atoms with Crippen LogP contribution in [0.15, 0.2) is 23.1 Å². The van der Waals surface area contributed by atoms with Crippen molar-refractivity contribution in [3.8, 4) is 0 Å². The van der Waals surface area contributed by atoms with E-state index in [1.165, 1.54) is 42.6 Å². The van der Waals surface area contributed by atoms with E-state index in [1.807, 2.05) is 0 Å². The molecule has 0 aliphatic heterocycles. The highest BCUT2D eigenvalue weighted by Crippen LogP contribution is 2.23. The molecule has 1 unspecified atom stereocenters. The molecule has 0 saturated heterocycles. The Morgan fingerprint density at radius 3 is 2.40 bits per heavy atom. The van der Waals surface area contributed by atoms with Crippen LogP contribution in [0.3, 0.4) is 0 Å². The standard InChI is InChI=1S/C22H34N2O5S/c1-5-24(6-2)30(27,28)19-13-12-16(3)20(14-19)22(26)29-17(4)21(25)23-15-18-10-8-7-9-11-18/h12-14,17-18H,5-11,15H2,1-4H3,(H,23,25). The third kappa shape index (κ3) is 6.04. The smallest absolute Gasteiger partial charge is 0.339 e. The van der Waals surface area contributed by atoms with Gasteiger partial charge in [-0.3, -0.25) is 4.79 Å². The SMILES string of the molecule is CCN(CC)S(=O)(=O)c1ccc(C)c(C(=O)OC(C)C(=O)NCC2CCCCC2)c1. The zero-order valence-electron chi connectivity index (χ0n) is 18.4. The highest BCUT2D eigenvalue weighted by molar-refractivity contribution is 7.89. The van der Waals surface area contributed by atoms with Crippen LogP contribution in [0.1, 0.15) is 68.8 Å². The molecule has 2 rings (SSSR count). The summed E-state index contributed by atoms with van der Waals surface area (Å²) in [4.78, 5) is 25.0. The maximum Gasteiger partial charge on any atom is 0.339 e. The van der Waals surface area contributed by atoms with Gasteiger partial charge >= 0.3 is 5.97 Å². The third-order valence-corrected chi connectivity index (χ3v) is 7.76. The molecule has 1 aliphatic rings. The van der Waals surface area contributed by atoms with Gasteiger partial charge in [0.2, 0.25) is 10.0 Å². The van der Waals surface area contributed by atoms with Gasteiger partial charge in [-0.2, -0.15) is 4.31 Å². The molecule has 0 spiro atoms. The van der Waals surface area contributed by atoms with Gasteiger partial charge in [-0.15, -0.1) is 0 Å². The first-order valence-electron chi connectivity index (χ1n) is 10.8. The quantitative estimate of drug-likeness (QED) is 0.598. The van der Waals surface area contributed by atoms with Crippen LogP contribution >= 0.6 is 0 Å². The zero-order valence-corrected chi connectivity index (χ0v) is 19.3. The van der Waals surface area contributed by atoms with Gasteiger partial charge in [-0.1, -0.05) is 39.2 Å². The summed E-state index contributed by atoms with van der Waals surface area (Å²) in [6, 6.07) is 4.40. The monoisotopic (exact) mass is 438 g/mol. The van der Waals surface area contributed by atoms with Crippen LogP contribution in [0.4, 0.5) is 0 Å². The number of carbonyl (C=O) groups excluding carboxylic acids is 2. The molecule has 0 aromatic heterocycles. The Morgan fingerprint density at radius 2 is 1.80 bits per heavy atom. The van der Waals surface area contributed by atoms with Gasteiger partial charge in [0, 0.05) is 19.6 Å². The molecule has 0 bridgehead atoms. The third-order valence-electron chi connectivity index (χ3n) is 5.71. The lowest BCUT2D eigenvalue weighted by atomic mass is 9.89. The maximum atomic E-state index is 12.8. The first kappa shape index (κ1) is 24.3. The minimum Gasteiger partial charge on any atom is -0.449 e. The fourth-order valence-corrected chi connectivity index (χ4v) is 5.24. The number of benzene rings is 1. The molecular weight excluding hydrogens is 404 g/mol. The molecular formula is C22H34N2O5S. The number of ether oxygens (including phenoxy) is 1. The van der Waals surface area contributed by atoms with Crippen molar-refractivity contribution in [1.82, 2.24) is 9.62 Å². The number of aryl methyl sites for hydroxylation is 1. The number of amides is 1. The van der Waals surface area contributed by atoms with Gasteiger partial charge in [-0.05, 0) is 50.3 Å². The van der Waals surface area contributed by atoms with E-state index in [1.54, 1.807) is 26.8 Å². The fourth-order valence-electron chi connectivity index (χ4n) is 3.75. The lowest BCUT2D eigenvalue weighted by Crippen LogP contribution is -2.38. The average Bonchev–Trinajstić information content (AvgIpc) is 2.73. The van der Waals surface area contributed by atoms with Crippen molar-refractivity contribution in [3.63, 3.8) is 0 Å². The van der Waals surface area contributed by atoms with Crippen LogP contribution in [0.5, 0.6) is 0 Å². The summed E-state index contributed by atoms with van der Waals surface area (Å²) in [6.07, 6.45) is 4.90. The van der Waals surface area contributed by atoms with E-state index in [-0.39, 0.29) is 16.4 Å². The lowest BCUT2D eigenvalue weighted by Gasteiger charge is -2.23. The van der Waals surface area contributed by atoms with Gasteiger partial charge in [0.1, 0.15) is 0 Å². The van der Waals surface area contributed by atoms with E-state index in [9.17, 15) is 18.0 Å². The first-order valence-corrected chi connectivity index (χ1v) is 12.2. The Bertz CT molecular complexity index is 843. The molecule has 7 nitrogen and oxygen atoms in total. The summed E-state index contributed by atoms with van der Waals surface area (Å²) in [5.41, 5.74) is 0.739. The molecule has 168 valence electrons. The highest BCUT2D eigenvalue weighted by atomic mass is 32.2. The van der Waals surface area contributed by atoms with Gasteiger partial charge in [0.25, 0.3) is 5.91 Å². The minimum atomic E-state index is -3.69. The number of rotatable bonds is 9. The molecule has 1 aromatic carbocycles. The van der Waals surface area contributed by atoms with E-state index in [4.69, 9.17) is 4.74 Å². The highest BCUT2D eigenvalue weighted by Gasteiger charge is 2.26. The Kier molecular flexibility index (Phi) is 8.85. The van der Waals surface area contributed by atoms with Crippen molar-refractivity contribution in [3.05, 3.63) is 29.3 Å². The van der Waals surface area contributed by atoms with Crippen molar-refractivity contribution in [2.45, 2.75) is 70.8 Å². The number of nitrogens with zero attached hydrogens (tertiary/aromatic N) is 1.